The molecule has 6 rings (SSSR count). The molecule has 14 nitrogen and oxygen atoms in total. The lowest BCUT2D eigenvalue weighted by molar-refractivity contribution is -0.386. The number of hydrogen-bond acceptors (Lipinski definition) is 12. The number of benzene rings is 2. The summed E-state index contributed by atoms with van der Waals surface area (Å²) in [6.45, 7) is 0. The van der Waals surface area contributed by atoms with E-state index in [2.05, 4.69) is 46.6 Å². The number of esters is 2. The van der Waals surface area contributed by atoms with Crippen LogP contribution in [0.5, 0.6) is 0 Å². The topological polar surface area (TPSA) is 183 Å². The van der Waals surface area contributed by atoms with Gasteiger partial charge in [0.15, 0.2) is 0 Å². The number of pyridine rings is 2. The van der Waals surface area contributed by atoms with Crippen molar-refractivity contribution in [2.45, 2.75) is 43.3 Å². The fourth-order valence-electron chi connectivity index (χ4n) is 5.76. The predicted octanol–water partition coefficient (Wildman–Crippen LogP) is 7.55. The van der Waals surface area contributed by atoms with Gasteiger partial charge in [0, 0.05) is 37.1 Å². The summed E-state index contributed by atoms with van der Waals surface area (Å²) in [6, 6.07) is 5.11. The summed E-state index contributed by atoms with van der Waals surface area (Å²) in [6.07, 6.45) is 4.26. The Morgan fingerprint density at radius 3 is 1.78 bits per heavy atom. The largest absolute Gasteiger partial charge is 0.469 e. The lowest BCUT2D eigenvalue weighted by Gasteiger charge is -2.44. The Balaban J connectivity index is 0.000000191. The molecule has 0 spiro atoms. The van der Waals surface area contributed by atoms with Gasteiger partial charge in [-0.25, -0.2) is 18.7 Å². The molecule has 0 radical (unpaired) electrons. The standard InChI is InChI=1S/C16H14BrFN2O5.C9H3BrClFN2O2.C7H12O3/c1-24-8-5-16(6-8,15(21)25-2)14-9-3-10(17)11(18)4-12(9)19-7-13(14)20(22)23;10-5-1-4-7(2-6(5)12)13-3-8(9(4)11)14(15)16;1-9-6-3-5(4-6)7(8)10-2/h3-4,7-8H,5-6H2,1-2H3;1-3H;5-6H,3-4H2,1-2H3. The highest BCUT2D eigenvalue weighted by molar-refractivity contribution is 9.10. The fraction of sp³-hybridized carbons (Fsp3) is 0.375. The maximum Gasteiger partial charge on any atom is 0.316 e. The molecule has 51 heavy (non-hydrogen) atoms. The highest BCUT2D eigenvalue weighted by atomic mass is 79.9. The van der Waals surface area contributed by atoms with Crippen molar-refractivity contribution in [3.05, 3.63) is 88.1 Å². The first kappa shape index (κ1) is 39.8. The quantitative estimate of drug-likeness (QED) is 0.101. The lowest BCUT2D eigenvalue weighted by atomic mass is 9.61. The Kier molecular flexibility index (Phi) is 12.9. The van der Waals surface area contributed by atoms with E-state index in [4.69, 9.17) is 25.8 Å². The Bertz CT molecular complexity index is 2010. The van der Waals surface area contributed by atoms with Gasteiger partial charge in [0.25, 0.3) is 5.69 Å². The van der Waals surface area contributed by atoms with Crippen molar-refractivity contribution in [2.24, 2.45) is 5.92 Å². The third-order valence-electron chi connectivity index (χ3n) is 8.61. The van der Waals surface area contributed by atoms with Crippen LogP contribution in [0.3, 0.4) is 0 Å². The van der Waals surface area contributed by atoms with Gasteiger partial charge in [0.05, 0.1) is 67.7 Å². The molecule has 0 amide bonds. The minimum atomic E-state index is -1.23. The average Bonchev–Trinajstić information content (AvgIpc) is 3.05. The average molecular weight is 863 g/mol. The van der Waals surface area contributed by atoms with E-state index >= 15 is 0 Å². The molecule has 272 valence electrons. The van der Waals surface area contributed by atoms with Gasteiger partial charge in [0.2, 0.25) is 0 Å². The molecule has 2 aromatic heterocycles. The van der Waals surface area contributed by atoms with Crippen LogP contribution in [0, 0.1) is 37.8 Å². The third-order valence-corrected chi connectivity index (χ3v) is 10.2. The summed E-state index contributed by atoms with van der Waals surface area (Å²) >= 11 is 11.9. The molecule has 0 atom stereocenters. The van der Waals surface area contributed by atoms with Crippen LogP contribution in [-0.4, -0.2) is 72.4 Å². The maximum atomic E-state index is 13.8. The van der Waals surface area contributed by atoms with E-state index < -0.39 is 32.9 Å². The molecule has 4 aromatic rings. The van der Waals surface area contributed by atoms with Gasteiger partial charge in [-0.2, -0.15) is 0 Å². The Labute approximate surface area is 310 Å². The minimum absolute atomic E-state index is 0.0456. The van der Waals surface area contributed by atoms with E-state index in [1.807, 2.05) is 0 Å². The van der Waals surface area contributed by atoms with E-state index in [0.717, 1.165) is 31.3 Å². The molecule has 2 aliphatic rings. The number of methoxy groups -OCH3 is 4. The summed E-state index contributed by atoms with van der Waals surface area (Å²) in [7, 11) is 5.83. The monoisotopic (exact) mass is 860 g/mol. The molecular weight excluding hydrogens is 834 g/mol. The number of ether oxygens (including phenoxy) is 4. The van der Waals surface area contributed by atoms with Crippen molar-refractivity contribution < 1.29 is 47.2 Å². The van der Waals surface area contributed by atoms with E-state index in [0.29, 0.717) is 10.8 Å². The van der Waals surface area contributed by atoms with Crippen molar-refractivity contribution >= 4 is 88.6 Å². The SMILES string of the molecule is COC(=O)C1(c2c([N+](=O)[O-])cnc3cc(F)c(Br)cc23)CC(OC)C1.COC(=O)C1CC(OC)C1.O=[N+]([O-])c1cnc2cc(F)c(Br)cc2c1Cl. The van der Waals surface area contributed by atoms with Crippen LogP contribution in [0.2, 0.25) is 5.02 Å². The summed E-state index contributed by atoms with van der Waals surface area (Å²) < 4.78 is 47.1. The molecule has 2 aromatic carbocycles. The van der Waals surface area contributed by atoms with Crippen molar-refractivity contribution in [1.29, 1.82) is 0 Å². The summed E-state index contributed by atoms with van der Waals surface area (Å²) in [5.74, 6) is -1.64. The van der Waals surface area contributed by atoms with E-state index in [1.54, 1.807) is 7.11 Å². The maximum absolute atomic E-state index is 13.8. The van der Waals surface area contributed by atoms with E-state index in [-0.39, 0.29) is 78.9 Å². The number of nitro groups is 2. The number of carbonyl (C=O) groups is 2. The highest BCUT2D eigenvalue weighted by Crippen LogP contribution is 2.51. The first-order valence-electron chi connectivity index (χ1n) is 14.8. The Hall–Kier alpha value is -3.97. The van der Waals surface area contributed by atoms with Gasteiger partial charge in [-0.1, -0.05) is 11.6 Å². The van der Waals surface area contributed by atoms with Gasteiger partial charge >= 0.3 is 17.6 Å². The normalized spacial score (nSPS) is 20.5. The zero-order chi connectivity index (χ0) is 37.8. The molecule has 2 saturated carbocycles. The van der Waals surface area contributed by atoms with Crippen LogP contribution in [0.4, 0.5) is 20.2 Å². The van der Waals surface area contributed by atoms with Crippen LogP contribution in [0.25, 0.3) is 21.8 Å². The highest BCUT2D eigenvalue weighted by Gasteiger charge is 2.56. The van der Waals surface area contributed by atoms with Crippen molar-refractivity contribution in [2.75, 3.05) is 28.4 Å². The lowest BCUT2D eigenvalue weighted by Crippen LogP contribution is -2.52. The number of fused-ring (bicyclic) bond motifs is 2. The van der Waals surface area contributed by atoms with E-state index in [9.17, 15) is 38.6 Å². The fourth-order valence-corrected chi connectivity index (χ4v) is 6.72. The number of carbonyl (C=O) groups excluding carboxylic acids is 2. The second kappa shape index (κ2) is 16.6. The molecule has 2 aliphatic carbocycles. The smallest absolute Gasteiger partial charge is 0.316 e. The van der Waals surface area contributed by atoms with Crippen LogP contribution in [0.1, 0.15) is 31.2 Å². The number of rotatable bonds is 7. The van der Waals surface area contributed by atoms with Crippen molar-refractivity contribution in [3.63, 3.8) is 0 Å². The van der Waals surface area contributed by atoms with Crippen LogP contribution < -0.4 is 0 Å². The molecule has 0 bridgehead atoms. The van der Waals surface area contributed by atoms with Gasteiger partial charge in [-0.15, -0.1) is 0 Å². The molecular formula is C32H29Br2ClF2N4O10. The second-order valence-electron chi connectivity index (χ2n) is 11.4. The third kappa shape index (κ3) is 8.25. The second-order valence-corrected chi connectivity index (χ2v) is 13.5. The van der Waals surface area contributed by atoms with Gasteiger partial charge < -0.3 is 18.9 Å². The predicted molar refractivity (Wildman–Crippen MR) is 186 cm³/mol. The zero-order valence-corrected chi connectivity index (χ0v) is 31.2. The van der Waals surface area contributed by atoms with Gasteiger partial charge in [-0.3, -0.25) is 29.8 Å². The zero-order valence-electron chi connectivity index (χ0n) is 27.3. The first-order valence-corrected chi connectivity index (χ1v) is 16.8. The van der Waals surface area contributed by atoms with Crippen molar-refractivity contribution in [1.82, 2.24) is 9.97 Å². The Morgan fingerprint density at radius 1 is 0.824 bits per heavy atom. The molecule has 0 N–H and O–H groups in total. The van der Waals surface area contributed by atoms with Crippen LogP contribution in [-0.2, 0) is 34.0 Å². The Morgan fingerprint density at radius 2 is 1.31 bits per heavy atom. The van der Waals surface area contributed by atoms with Crippen molar-refractivity contribution in [3.8, 4) is 0 Å². The molecule has 19 heteroatoms. The number of hydrogen-bond donors (Lipinski definition) is 0. The summed E-state index contributed by atoms with van der Waals surface area (Å²) in [5, 5.41) is 22.8. The van der Waals surface area contributed by atoms with Gasteiger partial charge in [0.1, 0.15) is 34.5 Å². The molecule has 0 aliphatic heterocycles. The first-order chi connectivity index (χ1) is 24.1. The number of halogens is 5. The molecule has 2 heterocycles. The molecule has 2 fully saturated rings. The molecule has 0 unspecified atom stereocenters. The van der Waals surface area contributed by atoms with Gasteiger partial charge in [-0.05, 0) is 69.7 Å². The summed E-state index contributed by atoms with van der Waals surface area (Å²) in [5.41, 5.74) is -1.14. The number of nitrogens with zero attached hydrogens (tertiary/aromatic N) is 4. The summed E-state index contributed by atoms with van der Waals surface area (Å²) in [4.78, 5) is 52.0. The molecule has 0 saturated heterocycles. The van der Waals surface area contributed by atoms with E-state index in [1.165, 1.54) is 39.5 Å². The minimum Gasteiger partial charge on any atom is -0.469 e. The van der Waals surface area contributed by atoms with Crippen LogP contribution >= 0.6 is 43.5 Å². The van der Waals surface area contributed by atoms with Crippen LogP contribution in [0.15, 0.2) is 45.6 Å². The number of aromatic nitrogens is 2.